The summed E-state index contributed by atoms with van der Waals surface area (Å²) in [5.74, 6) is 2.10. The van der Waals surface area contributed by atoms with Gasteiger partial charge in [-0.3, -0.25) is 0 Å². The zero-order valence-corrected chi connectivity index (χ0v) is 8.60. The van der Waals surface area contributed by atoms with Gasteiger partial charge in [0.1, 0.15) is 5.69 Å². The minimum atomic E-state index is -0.392. The van der Waals surface area contributed by atoms with E-state index in [2.05, 4.69) is 10.9 Å². The van der Waals surface area contributed by atoms with Crippen molar-refractivity contribution in [2.75, 3.05) is 6.61 Å². The summed E-state index contributed by atoms with van der Waals surface area (Å²) >= 11 is 0. The zero-order chi connectivity index (χ0) is 10.7. The maximum absolute atomic E-state index is 11.4. The van der Waals surface area contributed by atoms with Gasteiger partial charge < -0.3 is 9.72 Å². The van der Waals surface area contributed by atoms with Gasteiger partial charge in [0.05, 0.1) is 12.2 Å². The van der Waals surface area contributed by atoms with Crippen LogP contribution < -0.4 is 0 Å². The number of ether oxygens (including phenoxy) is 1. The van der Waals surface area contributed by atoms with E-state index < -0.39 is 5.97 Å². The Bertz CT molecular complexity index is 396. The Kier molecular flexibility index (Phi) is 2.98. The average molecular weight is 191 g/mol. The highest BCUT2D eigenvalue weighted by Crippen LogP contribution is 2.17. The Hall–Kier alpha value is -1.69. The van der Waals surface area contributed by atoms with Gasteiger partial charge >= 0.3 is 5.97 Å². The molecule has 0 bridgehead atoms. The van der Waals surface area contributed by atoms with Gasteiger partial charge in [0.15, 0.2) is 0 Å². The number of hydrogen-bond acceptors (Lipinski definition) is 2. The molecule has 0 unspecified atom stereocenters. The molecule has 0 atom stereocenters. The lowest BCUT2D eigenvalue weighted by Gasteiger charge is -1.99. The van der Waals surface area contributed by atoms with Crippen molar-refractivity contribution in [2.24, 2.45) is 0 Å². The summed E-state index contributed by atoms with van der Waals surface area (Å²) in [6.07, 6.45) is 5.32. The number of esters is 1. The monoisotopic (exact) mass is 191 g/mol. The van der Waals surface area contributed by atoms with E-state index in [1.54, 1.807) is 6.92 Å². The Morgan fingerprint density at radius 1 is 1.57 bits per heavy atom. The lowest BCUT2D eigenvalue weighted by atomic mass is 10.1. The molecule has 1 heterocycles. The van der Waals surface area contributed by atoms with Crippen molar-refractivity contribution in [1.82, 2.24) is 4.98 Å². The molecule has 0 saturated heterocycles. The normalized spacial score (nSPS) is 9.57. The van der Waals surface area contributed by atoms with Gasteiger partial charge in [-0.15, -0.1) is 6.42 Å². The molecule has 1 aromatic heterocycles. The van der Waals surface area contributed by atoms with Crippen LogP contribution in [0.15, 0.2) is 0 Å². The number of terminal acetylenes is 1. The molecule has 0 aliphatic rings. The van der Waals surface area contributed by atoms with Crippen LogP contribution in [0.4, 0.5) is 0 Å². The van der Waals surface area contributed by atoms with Crippen LogP contribution in [0.25, 0.3) is 0 Å². The minimum absolute atomic E-state index is 0.347. The fraction of sp³-hybridized carbons (Fsp3) is 0.364. The van der Waals surface area contributed by atoms with Gasteiger partial charge in [-0.05, 0) is 26.3 Å². The number of aromatic nitrogens is 1. The lowest BCUT2D eigenvalue weighted by Crippen LogP contribution is -2.06. The summed E-state index contributed by atoms with van der Waals surface area (Å²) in [6.45, 7) is 5.86. The summed E-state index contributed by atoms with van der Waals surface area (Å²) in [4.78, 5) is 14.4. The number of carbonyl (C=O) groups excluding carboxylic acids is 1. The van der Waals surface area contributed by atoms with Crippen LogP contribution in [0.5, 0.6) is 0 Å². The van der Waals surface area contributed by atoms with Crippen molar-refractivity contribution >= 4 is 5.97 Å². The standard InChI is InChI=1S/C11H13NO2/c1-5-9-7(3)8(4)12-10(9)11(13)14-6-2/h1,12H,6H2,2-4H3. The number of aromatic amines is 1. The van der Waals surface area contributed by atoms with Gasteiger partial charge in [-0.2, -0.15) is 0 Å². The first-order chi connectivity index (χ1) is 6.61. The van der Waals surface area contributed by atoms with E-state index in [-0.39, 0.29) is 0 Å². The van der Waals surface area contributed by atoms with E-state index >= 15 is 0 Å². The van der Waals surface area contributed by atoms with E-state index in [1.165, 1.54) is 0 Å². The van der Waals surface area contributed by atoms with Crippen LogP contribution in [0, 0.1) is 26.2 Å². The highest BCUT2D eigenvalue weighted by Gasteiger charge is 2.17. The first-order valence-corrected chi connectivity index (χ1v) is 4.44. The summed E-state index contributed by atoms with van der Waals surface area (Å²) in [6, 6.07) is 0. The number of aryl methyl sites for hydroxylation is 1. The van der Waals surface area contributed by atoms with E-state index in [9.17, 15) is 4.79 Å². The molecule has 0 spiro atoms. The third kappa shape index (κ3) is 1.64. The van der Waals surface area contributed by atoms with Gasteiger partial charge in [0.25, 0.3) is 0 Å². The fourth-order valence-electron chi connectivity index (χ4n) is 1.26. The fourth-order valence-corrected chi connectivity index (χ4v) is 1.26. The van der Waals surface area contributed by atoms with Gasteiger partial charge in [-0.25, -0.2) is 4.79 Å². The second-order valence-electron chi connectivity index (χ2n) is 2.99. The quantitative estimate of drug-likeness (QED) is 0.572. The van der Waals surface area contributed by atoms with Gasteiger partial charge in [0, 0.05) is 5.69 Å². The third-order valence-corrected chi connectivity index (χ3v) is 2.12. The van der Waals surface area contributed by atoms with Crippen molar-refractivity contribution in [3.63, 3.8) is 0 Å². The van der Waals surface area contributed by atoms with Gasteiger partial charge in [-0.1, -0.05) is 5.92 Å². The highest BCUT2D eigenvalue weighted by atomic mass is 16.5. The Morgan fingerprint density at radius 2 is 2.21 bits per heavy atom. The largest absolute Gasteiger partial charge is 0.461 e. The second kappa shape index (κ2) is 4.01. The summed E-state index contributed by atoms with van der Waals surface area (Å²) in [5.41, 5.74) is 2.81. The lowest BCUT2D eigenvalue weighted by molar-refractivity contribution is 0.0520. The molecule has 0 radical (unpaired) electrons. The molecule has 0 amide bonds. The molecule has 1 rings (SSSR count). The zero-order valence-electron chi connectivity index (χ0n) is 8.60. The molecule has 0 fully saturated rings. The molecule has 0 aromatic carbocycles. The SMILES string of the molecule is C#Cc1c(C(=O)OCC)[nH]c(C)c1C. The number of rotatable bonds is 2. The molecule has 14 heavy (non-hydrogen) atoms. The molecule has 3 nitrogen and oxygen atoms in total. The predicted octanol–water partition coefficient (Wildman–Crippen LogP) is 1.79. The number of nitrogens with one attached hydrogen (secondary N) is 1. The Labute approximate surface area is 83.5 Å². The van der Waals surface area contributed by atoms with Crippen molar-refractivity contribution in [3.05, 3.63) is 22.5 Å². The third-order valence-electron chi connectivity index (χ3n) is 2.12. The van der Waals surface area contributed by atoms with Crippen LogP contribution in [0.2, 0.25) is 0 Å². The first kappa shape index (κ1) is 10.4. The number of hydrogen-bond donors (Lipinski definition) is 1. The van der Waals surface area contributed by atoms with Gasteiger partial charge in [0.2, 0.25) is 0 Å². The molecule has 3 heteroatoms. The van der Waals surface area contributed by atoms with E-state index in [4.69, 9.17) is 11.2 Å². The number of H-pyrrole nitrogens is 1. The molecular formula is C11H13NO2. The predicted molar refractivity (Wildman–Crippen MR) is 54.2 cm³/mol. The van der Waals surface area contributed by atoms with Crippen LogP contribution >= 0.6 is 0 Å². The summed E-state index contributed by atoms with van der Waals surface area (Å²) in [7, 11) is 0. The van der Waals surface area contributed by atoms with Crippen molar-refractivity contribution in [2.45, 2.75) is 20.8 Å². The molecule has 0 aliphatic heterocycles. The smallest absolute Gasteiger partial charge is 0.356 e. The molecule has 1 aromatic rings. The maximum Gasteiger partial charge on any atom is 0.356 e. The van der Waals surface area contributed by atoms with Crippen molar-refractivity contribution in [3.8, 4) is 12.3 Å². The van der Waals surface area contributed by atoms with Crippen LogP contribution in [0.3, 0.4) is 0 Å². The highest BCUT2D eigenvalue weighted by molar-refractivity contribution is 5.91. The molecule has 74 valence electrons. The van der Waals surface area contributed by atoms with E-state index in [0.29, 0.717) is 17.9 Å². The first-order valence-electron chi connectivity index (χ1n) is 4.44. The van der Waals surface area contributed by atoms with Crippen LogP contribution in [-0.2, 0) is 4.74 Å². The summed E-state index contributed by atoms with van der Waals surface area (Å²) < 4.78 is 4.87. The van der Waals surface area contributed by atoms with Crippen LogP contribution in [0.1, 0.15) is 34.2 Å². The Morgan fingerprint density at radius 3 is 2.71 bits per heavy atom. The topological polar surface area (TPSA) is 42.1 Å². The van der Waals surface area contributed by atoms with Crippen molar-refractivity contribution < 1.29 is 9.53 Å². The molecule has 0 saturated carbocycles. The Balaban J connectivity index is 3.16. The molecular weight excluding hydrogens is 178 g/mol. The number of carbonyl (C=O) groups is 1. The maximum atomic E-state index is 11.4. The molecule has 0 aliphatic carbocycles. The summed E-state index contributed by atoms with van der Waals surface area (Å²) in [5, 5.41) is 0. The minimum Gasteiger partial charge on any atom is -0.461 e. The second-order valence-corrected chi connectivity index (χ2v) is 2.99. The van der Waals surface area contributed by atoms with E-state index in [1.807, 2.05) is 13.8 Å². The average Bonchev–Trinajstić information content (AvgIpc) is 2.44. The molecule has 1 N–H and O–H groups in total. The van der Waals surface area contributed by atoms with Crippen molar-refractivity contribution in [1.29, 1.82) is 0 Å². The van der Waals surface area contributed by atoms with E-state index in [0.717, 1.165) is 11.3 Å². The van der Waals surface area contributed by atoms with Crippen LogP contribution in [-0.4, -0.2) is 17.6 Å².